The molecule has 6 rings (SSSR count). The molecule has 0 spiro atoms. The summed E-state index contributed by atoms with van der Waals surface area (Å²) in [5.41, 5.74) is 4.38. The molecule has 0 saturated carbocycles. The first-order chi connectivity index (χ1) is 23.2. The molecule has 0 bridgehead atoms. The molecule has 5 aromatic rings. The Balaban J connectivity index is 1.30. The molecule has 0 saturated heterocycles. The molecule has 0 aliphatic carbocycles. The molecule has 1 aliphatic heterocycles. The molecule has 4 aromatic carbocycles. The number of methoxy groups -OCH3 is 1. The van der Waals surface area contributed by atoms with Crippen LogP contribution in [-0.4, -0.2) is 30.9 Å². The first-order valence-electron chi connectivity index (χ1n) is 15.3. The predicted octanol–water partition coefficient (Wildman–Crippen LogP) is 6.69. The van der Waals surface area contributed by atoms with Crippen LogP contribution < -0.4 is 33.8 Å². The normalized spacial score (nSPS) is 14.3. The summed E-state index contributed by atoms with van der Waals surface area (Å²) >= 11 is 4.87. The van der Waals surface area contributed by atoms with Gasteiger partial charge >= 0.3 is 5.97 Å². The largest absolute Gasteiger partial charge is 0.493 e. The van der Waals surface area contributed by atoms with Gasteiger partial charge in [0.15, 0.2) is 16.3 Å². The van der Waals surface area contributed by atoms with E-state index in [1.807, 2.05) is 73.7 Å². The van der Waals surface area contributed by atoms with Gasteiger partial charge in [-0.05, 0) is 101 Å². The lowest BCUT2D eigenvalue weighted by Crippen LogP contribution is -2.40. The van der Waals surface area contributed by atoms with E-state index in [1.165, 1.54) is 16.9 Å². The number of nitrogens with zero attached hydrogens (tertiary/aromatic N) is 2. The first-order valence-corrected chi connectivity index (χ1v) is 16.9. The van der Waals surface area contributed by atoms with E-state index in [0.717, 1.165) is 22.4 Å². The van der Waals surface area contributed by atoms with E-state index in [-0.39, 0.29) is 5.56 Å². The van der Waals surface area contributed by atoms with Crippen molar-refractivity contribution < 1.29 is 23.7 Å². The van der Waals surface area contributed by atoms with E-state index in [1.54, 1.807) is 48.9 Å². The number of esters is 1. The Bertz CT molecular complexity index is 2190. The predicted molar refractivity (Wildman–Crippen MR) is 190 cm³/mol. The number of allylic oxidation sites excluding steroid dienone is 1. The van der Waals surface area contributed by atoms with Crippen molar-refractivity contribution in [2.45, 2.75) is 26.8 Å². The lowest BCUT2D eigenvalue weighted by atomic mass is 9.96. The quantitative estimate of drug-likeness (QED) is 0.0907. The first kappa shape index (κ1) is 33.0. The minimum absolute atomic E-state index is 0.274. The standard InChI is InChI=1S/C38H33BrN2O6S/c1-23-15-16-29(19-24(23)2)45-17-18-46-35-30(39)20-26(21-31(35)44-4)22-32-36(42)41-34(27-11-7-5-8-12-27)33(25(3)40-38(41)48-32)37(43)47-28-13-9-6-10-14-28/h5-16,19-22,34H,17-18H2,1-4H3/b32-22-/t34-/m0/s1. The van der Waals surface area contributed by atoms with Crippen molar-refractivity contribution in [3.63, 3.8) is 0 Å². The number of hydrogen-bond donors (Lipinski definition) is 0. The van der Waals surface area contributed by atoms with Crippen LogP contribution in [0.5, 0.6) is 23.0 Å². The van der Waals surface area contributed by atoms with E-state index in [4.69, 9.17) is 23.9 Å². The molecule has 0 radical (unpaired) electrons. The molecule has 0 amide bonds. The van der Waals surface area contributed by atoms with Crippen LogP contribution in [0.2, 0.25) is 0 Å². The Morgan fingerprint density at radius 3 is 2.31 bits per heavy atom. The Hall–Kier alpha value is -4.93. The number of aryl methyl sites for hydroxylation is 2. The molecule has 10 heteroatoms. The monoisotopic (exact) mass is 724 g/mol. The van der Waals surface area contributed by atoms with E-state index in [9.17, 15) is 9.59 Å². The van der Waals surface area contributed by atoms with Gasteiger partial charge in [0.05, 0.1) is 33.4 Å². The minimum Gasteiger partial charge on any atom is -0.493 e. The molecule has 0 fully saturated rings. The number of carbonyl (C=O) groups excluding carboxylic acids is 1. The number of fused-ring (bicyclic) bond motifs is 1. The van der Waals surface area contributed by atoms with Gasteiger partial charge in [0.1, 0.15) is 24.7 Å². The summed E-state index contributed by atoms with van der Waals surface area (Å²) in [5.74, 6) is 1.66. The van der Waals surface area contributed by atoms with Crippen molar-refractivity contribution in [3.05, 3.63) is 149 Å². The van der Waals surface area contributed by atoms with Crippen molar-refractivity contribution in [1.82, 2.24) is 4.57 Å². The van der Waals surface area contributed by atoms with Crippen LogP contribution in [-0.2, 0) is 4.79 Å². The summed E-state index contributed by atoms with van der Waals surface area (Å²) in [7, 11) is 1.57. The van der Waals surface area contributed by atoms with E-state index < -0.39 is 12.0 Å². The average Bonchev–Trinajstić information content (AvgIpc) is 3.38. The molecule has 0 N–H and O–H groups in total. The molecule has 244 valence electrons. The number of halogens is 1. The number of para-hydroxylation sites is 1. The van der Waals surface area contributed by atoms with Crippen LogP contribution in [0.4, 0.5) is 0 Å². The zero-order chi connectivity index (χ0) is 33.8. The Morgan fingerprint density at radius 2 is 1.60 bits per heavy atom. The van der Waals surface area contributed by atoms with Crippen LogP contribution in [0.15, 0.2) is 117 Å². The van der Waals surface area contributed by atoms with Crippen LogP contribution >= 0.6 is 27.3 Å². The summed E-state index contributed by atoms with van der Waals surface area (Å²) in [6.45, 7) is 6.53. The zero-order valence-electron chi connectivity index (χ0n) is 26.9. The fourth-order valence-electron chi connectivity index (χ4n) is 5.41. The molecule has 1 aromatic heterocycles. The lowest BCUT2D eigenvalue weighted by Gasteiger charge is -2.24. The van der Waals surface area contributed by atoms with Crippen molar-refractivity contribution >= 4 is 39.3 Å². The second kappa shape index (κ2) is 14.5. The van der Waals surface area contributed by atoms with Gasteiger partial charge in [0.25, 0.3) is 5.56 Å². The van der Waals surface area contributed by atoms with Crippen molar-refractivity contribution in [2.24, 2.45) is 4.99 Å². The highest BCUT2D eigenvalue weighted by Crippen LogP contribution is 2.37. The highest BCUT2D eigenvalue weighted by Gasteiger charge is 2.33. The SMILES string of the molecule is COc1cc(/C=c2\sc3n(c2=O)[C@@H](c2ccccc2)C(C(=O)Oc2ccccc2)=C(C)N=3)cc(Br)c1OCCOc1ccc(C)c(C)c1. The molecule has 2 heterocycles. The minimum atomic E-state index is -0.719. The van der Waals surface area contributed by atoms with Crippen molar-refractivity contribution in [2.75, 3.05) is 20.3 Å². The summed E-state index contributed by atoms with van der Waals surface area (Å²) in [5, 5.41) is 0. The zero-order valence-corrected chi connectivity index (χ0v) is 29.3. The van der Waals surface area contributed by atoms with Gasteiger partial charge < -0.3 is 18.9 Å². The van der Waals surface area contributed by atoms with Gasteiger partial charge in [0.2, 0.25) is 0 Å². The Labute approximate surface area is 290 Å². The van der Waals surface area contributed by atoms with Gasteiger partial charge in [-0.25, -0.2) is 9.79 Å². The highest BCUT2D eigenvalue weighted by atomic mass is 79.9. The third kappa shape index (κ3) is 7.00. The molecular weight excluding hydrogens is 692 g/mol. The van der Waals surface area contributed by atoms with Crippen molar-refractivity contribution in [1.29, 1.82) is 0 Å². The Morgan fingerprint density at radius 1 is 0.896 bits per heavy atom. The fourth-order valence-corrected chi connectivity index (χ4v) is 7.03. The van der Waals surface area contributed by atoms with Gasteiger partial charge in [-0.1, -0.05) is 65.9 Å². The van der Waals surface area contributed by atoms with Gasteiger partial charge in [-0.2, -0.15) is 0 Å². The number of aromatic nitrogens is 1. The summed E-state index contributed by atoms with van der Waals surface area (Å²) in [6, 6.07) is 27.2. The number of thiazole rings is 1. The van der Waals surface area contributed by atoms with E-state index in [2.05, 4.69) is 22.9 Å². The number of hydrogen-bond acceptors (Lipinski definition) is 8. The maximum Gasteiger partial charge on any atom is 0.343 e. The molecule has 1 aliphatic rings. The summed E-state index contributed by atoms with van der Waals surface area (Å²) in [4.78, 5) is 32.9. The molecule has 8 nitrogen and oxygen atoms in total. The number of ether oxygens (including phenoxy) is 4. The fraction of sp³-hybridized carbons (Fsp3) is 0.184. The lowest BCUT2D eigenvalue weighted by molar-refractivity contribution is -0.130. The number of rotatable bonds is 10. The Kier molecular flexibility index (Phi) is 9.93. The van der Waals surface area contributed by atoms with Crippen LogP contribution in [0.3, 0.4) is 0 Å². The second-order valence-corrected chi connectivity index (χ2v) is 13.0. The maximum absolute atomic E-state index is 14.1. The maximum atomic E-state index is 14.1. The van der Waals surface area contributed by atoms with Crippen LogP contribution in [0.25, 0.3) is 6.08 Å². The second-order valence-electron chi connectivity index (χ2n) is 11.2. The number of benzene rings is 4. The van der Waals surface area contributed by atoms with E-state index >= 15 is 0 Å². The van der Waals surface area contributed by atoms with Gasteiger partial charge in [-0.15, -0.1) is 0 Å². The average molecular weight is 726 g/mol. The molecular formula is C38H33BrN2O6S. The summed E-state index contributed by atoms with van der Waals surface area (Å²) in [6.07, 6.45) is 1.78. The van der Waals surface area contributed by atoms with Crippen LogP contribution in [0.1, 0.15) is 35.2 Å². The van der Waals surface area contributed by atoms with Crippen LogP contribution in [0, 0.1) is 13.8 Å². The third-order valence-corrected chi connectivity index (χ3v) is 9.51. The molecule has 48 heavy (non-hydrogen) atoms. The molecule has 1 atom stereocenters. The number of carbonyl (C=O) groups is 1. The molecule has 0 unspecified atom stereocenters. The summed E-state index contributed by atoms with van der Waals surface area (Å²) < 4.78 is 26.0. The third-order valence-electron chi connectivity index (χ3n) is 7.94. The topological polar surface area (TPSA) is 88.4 Å². The van der Waals surface area contributed by atoms with Crippen molar-refractivity contribution in [3.8, 4) is 23.0 Å². The van der Waals surface area contributed by atoms with Gasteiger partial charge in [0, 0.05) is 0 Å². The highest BCUT2D eigenvalue weighted by molar-refractivity contribution is 9.10. The van der Waals surface area contributed by atoms with E-state index in [0.29, 0.717) is 55.5 Å². The smallest absolute Gasteiger partial charge is 0.343 e. The van der Waals surface area contributed by atoms with Gasteiger partial charge in [-0.3, -0.25) is 9.36 Å².